The molecule has 5 amide bonds. The molecule has 0 aromatic heterocycles. The molecule has 0 bridgehead atoms. The molecule has 0 saturated carbocycles. The summed E-state index contributed by atoms with van der Waals surface area (Å²) in [5.74, 6) is -3.80. The van der Waals surface area contributed by atoms with E-state index in [9.17, 15) is 34.2 Å². The number of hydrogen-bond acceptors (Lipinski definition) is 9. The third-order valence-corrected chi connectivity index (χ3v) is 9.49. The van der Waals surface area contributed by atoms with Gasteiger partial charge in [0.25, 0.3) is 0 Å². The van der Waals surface area contributed by atoms with Gasteiger partial charge >= 0.3 is 12.2 Å². The minimum Gasteiger partial charge on any atom is -0.445 e. The lowest BCUT2D eigenvalue weighted by Crippen LogP contribution is -2.60. The van der Waals surface area contributed by atoms with E-state index in [1.807, 2.05) is 48.5 Å². The monoisotopic (exact) mass is 795 g/mol. The van der Waals surface area contributed by atoms with Gasteiger partial charge in [0, 0.05) is 12.0 Å². The average molecular weight is 796 g/mol. The van der Waals surface area contributed by atoms with Crippen molar-refractivity contribution < 1.29 is 43.7 Å². The van der Waals surface area contributed by atoms with Crippen LogP contribution < -0.4 is 27.0 Å². The van der Waals surface area contributed by atoms with Gasteiger partial charge in [-0.3, -0.25) is 14.4 Å². The van der Waals surface area contributed by atoms with Crippen molar-refractivity contribution in [2.75, 3.05) is 6.61 Å². The van der Waals surface area contributed by atoms with Gasteiger partial charge in [-0.05, 0) is 41.0 Å². The van der Waals surface area contributed by atoms with Crippen molar-refractivity contribution >= 4 is 29.9 Å². The number of aliphatic hydroxyl groups excluding tert-OH is 2. The predicted octanol–water partition coefficient (Wildman–Crippen LogP) is 3.53. The Kier molecular flexibility index (Phi) is 17.7. The number of hydrogen-bond donors (Lipinski definition) is 7. The maximum absolute atomic E-state index is 14.0. The molecule has 4 aromatic rings. The van der Waals surface area contributed by atoms with E-state index in [1.165, 1.54) is 0 Å². The molecule has 8 N–H and O–H groups in total. The van der Waals surface area contributed by atoms with E-state index in [-0.39, 0.29) is 26.1 Å². The fourth-order valence-electron chi connectivity index (χ4n) is 6.37. The first kappa shape index (κ1) is 44.5. The molecule has 6 atom stereocenters. The average Bonchev–Trinajstić information content (AvgIpc) is 3.22. The molecule has 58 heavy (non-hydrogen) atoms. The van der Waals surface area contributed by atoms with Crippen LogP contribution in [0.1, 0.15) is 42.5 Å². The molecule has 4 rings (SSSR count). The number of carbonyl (C=O) groups is 5. The molecule has 14 nitrogen and oxygen atoms in total. The van der Waals surface area contributed by atoms with Gasteiger partial charge in [-0.2, -0.15) is 0 Å². The minimum atomic E-state index is -1.49. The second-order valence-corrected chi connectivity index (χ2v) is 14.3. The summed E-state index contributed by atoms with van der Waals surface area (Å²) in [7, 11) is 0. The lowest BCUT2D eigenvalue weighted by Gasteiger charge is -2.36. The summed E-state index contributed by atoms with van der Waals surface area (Å²) >= 11 is 0. The number of rotatable bonds is 21. The van der Waals surface area contributed by atoms with Crippen molar-refractivity contribution in [3.63, 3.8) is 0 Å². The third-order valence-electron chi connectivity index (χ3n) is 9.49. The molecular formula is C44H53N5O9. The van der Waals surface area contributed by atoms with E-state index in [0.717, 1.165) is 16.7 Å². The number of nitrogens with two attached hydrogens (primary N) is 1. The molecule has 0 saturated heterocycles. The first-order chi connectivity index (χ1) is 27.9. The zero-order valence-electron chi connectivity index (χ0n) is 32.7. The Bertz CT molecular complexity index is 1880. The smallest absolute Gasteiger partial charge is 0.408 e. The van der Waals surface area contributed by atoms with Crippen LogP contribution in [0.3, 0.4) is 0 Å². The minimum absolute atomic E-state index is 0.00809. The van der Waals surface area contributed by atoms with Crippen LogP contribution in [0.4, 0.5) is 9.59 Å². The SMILES string of the molecule is CC(C)[C@H](NC(=O)OCc1ccccc1)C(=O)N[C@@H](Cc1ccccc1)[C@H](O)[C@@H](CO)[C@H](Cc1ccccc1)NC(=O)[C@H](CC(N)=O)NC(=O)OCc1ccccc1. The maximum atomic E-state index is 14.0. The second kappa shape index (κ2) is 23.1. The number of alkyl carbamates (subject to hydrolysis) is 2. The Hall–Kier alpha value is -6.25. The summed E-state index contributed by atoms with van der Waals surface area (Å²) in [5.41, 5.74) is 8.43. The lowest BCUT2D eigenvalue weighted by molar-refractivity contribution is -0.129. The molecule has 0 heterocycles. The van der Waals surface area contributed by atoms with Crippen molar-refractivity contribution in [2.45, 2.75) is 76.6 Å². The molecule has 14 heteroatoms. The zero-order valence-corrected chi connectivity index (χ0v) is 32.7. The van der Waals surface area contributed by atoms with Gasteiger partial charge < -0.3 is 46.7 Å². The molecule has 0 unspecified atom stereocenters. The number of nitrogens with one attached hydrogen (secondary N) is 4. The molecule has 0 fully saturated rings. The number of amides is 5. The highest BCUT2D eigenvalue weighted by molar-refractivity contribution is 5.90. The summed E-state index contributed by atoms with van der Waals surface area (Å²) in [6.07, 6.45) is -3.61. The summed E-state index contributed by atoms with van der Waals surface area (Å²) in [4.78, 5) is 65.6. The van der Waals surface area contributed by atoms with Crippen LogP contribution in [-0.2, 0) is 49.9 Å². The van der Waals surface area contributed by atoms with E-state index in [1.54, 1.807) is 86.6 Å². The van der Waals surface area contributed by atoms with Crippen LogP contribution >= 0.6 is 0 Å². The van der Waals surface area contributed by atoms with Crippen molar-refractivity contribution in [1.82, 2.24) is 21.3 Å². The lowest BCUT2D eigenvalue weighted by atomic mass is 9.84. The Morgan fingerprint density at radius 1 is 0.586 bits per heavy atom. The molecule has 0 aliphatic rings. The predicted molar refractivity (Wildman–Crippen MR) is 216 cm³/mol. The quantitative estimate of drug-likeness (QED) is 0.0656. The number of carbonyl (C=O) groups excluding carboxylic acids is 5. The normalized spacial score (nSPS) is 14.1. The highest BCUT2D eigenvalue weighted by Crippen LogP contribution is 2.21. The van der Waals surface area contributed by atoms with Crippen molar-refractivity contribution in [1.29, 1.82) is 0 Å². The van der Waals surface area contributed by atoms with Crippen LogP contribution in [0, 0.1) is 11.8 Å². The van der Waals surface area contributed by atoms with Gasteiger partial charge in [0.05, 0.1) is 25.2 Å². The summed E-state index contributed by atoms with van der Waals surface area (Å²) < 4.78 is 10.7. The highest BCUT2D eigenvalue weighted by Gasteiger charge is 2.38. The largest absolute Gasteiger partial charge is 0.445 e. The molecular weight excluding hydrogens is 743 g/mol. The standard InChI is InChI=1S/C44H53N5O9/c1-29(2)39(49-44(56)58-28-33-21-13-6-14-22-33)42(54)47-36(24-31-17-9-4-10-18-31)40(52)34(26-50)35(23-30-15-7-3-8-16-30)46-41(53)37(25-38(45)51)48-43(55)57-27-32-19-11-5-12-20-32/h3-22,29,34-37,39-40,50,52H,23-28H2,1-2H3,(H2,45,51)(H,46,53)(H,47,54)(H,48,55)(H,49,56)/t34-,35-,36-,37-,39-,40+/m0/s1. The van der Waals surface area contributed by atoms with E-state index < -0.39 is 85.0 Å². The Labute approximate surface area is 338 Å². The van der Waals surface area contributed by atoms with E-state index in [0.29, 0.717) is 5.56 Å². The number of aliphatic hydroxyl groups is 2. The summed E-state index contributed by atoms with van der Waals surface area (Å²) in [6.45, 7) is 2.75. The van der Waals surface area contributed by atoms with Gasteiger partial charge in [-0.15, -0.1) is 0 Å². The number of ether oxygens (including phenoxy) is 2. The van der Waals surface area contributed by atoms with E-state index in [4.69, 9.17) is 15.2 Å². The second-order valence-electron chi connectivity index (χ2n) is 14.3. The Morgan fingerprint density at radius 2 is 1.00 bits per heavy atom. The first-order valence-corrected chi connectivity index (χ1v) is 19.1. The third kappa shape index (κ3) is 14.7. The topological polar surface area (TPSA) is 218 Å². The molecule has 0 aliphatic heterocycles. The zero-order chi connectivity index (χ0) is 41.9. The van der Waals surface area contributed by atoms with Gasteiger partial charge in [0.1, 0.15) is 25.3 Å². The van der Waals surface area contributed by atoms with Crippen molar-refractivity contribution in [2.24, 2.45) is 17.6 Å². The number of benzene rings is 4. The van der Waals surface area contributed by atoms with Gasteiger partial charge in [0.15, 0.2) is 0 Å². The summed E-state index contributed by atoms with van der Waals surface area (Å²) in [5, 5.41) is 33.9. The Morgan fingerprint density at radius 3 is 1.43 bits per heavy atom. The fraction of sp³-hybridized carbons (Fsp3) is 0.341. The van der Waals surface area contributed by atoms with Gasteiger partial charge in [-0.1, -0.05) is 135 Å². The Balaban J connectivity index is 1.57. The molecule has 0 aliphatic carbocycles. The van der Waals surface area contributed by atoms with Crippen LogP contribution in [0.2, 0.25) is 0 Å². The fourth-order valence-corrected chi connectivity index (χ4v) is 6.37. The maximum Gasteiger partial charge on any atom is 0.408 e. The van der Waals surface area contributed by atoms with Gasteiger partial charge in [-0.25, -0.2) is 9.59 Å². The van der Waals surface area contributed by atoms with E-state index in [2.05, 4.69) is 21.3 Å². The van der Waals surface area contributed by atoms with Crippen LogP contribution in [0.25, 0.3) is 0 Å². The number of primary amides is 1. The molecule has 0 spiro atoms. The van der Waals surface area contributed by atoms with Crippen molar-refractivity contribution in [3.05, 3.63) is 144 Å². The van der Waals surface area contributed by atoms with Gasteiger partial charge in [0.2, 0.25) is 17.7 Å². The van der Waals surface area contributed by atoms with Crippen LogP contribution in [0.5, 0.6) is 0 Å². The van der Waals surface area contributed by atoms with Crippen LogP contribution in [0.15, 0.2) is 121 Å². The van der Waals surface area contributed by atoms with E-state index >= 15 is 0 Å². The highest BCUT2D eigenvalue weighted by atomic mass is 16.6. The molecule has 0 radical (unpaired) electrons. The van der Waals surface area contributed by atoms with Crippen LogP contribution in [-0.4, -0.2) is 77.0 Å². The first-order valence-electron chi connectivity index (χ1n) is 19.1. The molecule has 4 aromatic carbocycles. The molecule has 308 valence electrons. The summed E-state index contributed by atoms with van der Waals surface area (Å²) in [6, 6.07) is 31.4. The van der Waals surface area contributed by atoms with Crippen molar-refractivity contribution in [3.8, 4) is 0 Å².